The minimum absolute atomic E-state index is 0.176. The lowest BCUT2D eigenvalue weighted by Crippen LogP contribution is -2.35. The molecule has 0 heterocycles. The molecule has 8 heteroatoms. The molecule has 0 saturated heterocycles. The van der Waals surface area contributed by atoms with E-state index in [9.17, 15) is 14.4 Å². The SMILES string of the molecule is COC(=O)c1ccc(OCC(=O)NCC(=O)Nc2ccccc2Br)cc1. The van der Waals surface area contributed by atoms with Crippen molar-refractivity contribution in [2.45, 2.75) is 0 Å². The predicted molar refractivity (Wildman–Crippen MR) is 99.1 cm³/mol. The maximum absolute atomic E-state index is 11.8. The van der Waals surface area contributed by atoms with Crippen molar-refractivity contribution in [3.63, 3.8) is 0 Å². The van der Waals surface area contributed by atoms with E-state index in [1.54, 1.807) is 30.3 Å². The molecule has 0 saturated carbocycles. The molecule has 7 nitrogen and oxygen atoms in total. The van der Waals surface area contributed by atoms with Crippen LogP contribution in [-0.4, -0.2) is 38.0 Å². The molecule has 2 rings (SSSR count). The number of rotatable bonds is 7. The van der Waals surface area contributed by atoms with E-state index < -0.39 is 11.9 Å². The zero-order valence-electron chi connectivity index (χ0n) is 14.0. The summed E-state index contributed by atoms with van der Waals surface area (Å²) in [7, 11) is 1.30. The lowest BCUT2D eigenvalue weighted by molar-refractivity contribution is -0.125. The summed E-state index contributed by atoms with van der Waals surface area (Å²) in [4.78, 5) is 34.9. The van der Waals surface area contributed by atoms with Crippen molar-refractivity contribution in [1.29, 1.82) is 0 Å². The number of amides is 2. The molecule has 0 aromatic heterocycles. The molecule has 2 aromatic rings. The van der Waals surface area contributed by atoms with Gasteiger partial charge in [-0.1, -0.05) is 12.1 Å². The fraction of sp³-hybridized carbons (Fsp3) is 0.167. The van der Waals surface area contributed by atoms with Crippen LogP contribution in [0.15, 0.2) is 53.0 Å². The summed E-state index contributed by atoms with van der Waals surface area (Å²) in [5.41, 5.74) is 1.00. The molecular formula is C18H17BrN2O5. The van der Waals surface area contributed by atoms with Gasteiger partial charge in [0.1, 0.15) is 5.75 Å². The zero-order valence-corrected chi connectivity index (χ0v) is 15.5. The molecule has 0 radical (unpaired) electrons. The Morgan fingerprint density at radius 2 is 1.69 bits per heavy atom. The summed E-state index contributed by atoms with van der Waals surface area (Å²) in [5.74, 6) is -0.826. The summed E-state index contributed by atoms with van der Waals surface area (Å²) in [5, 5.41) is 5.14. The van der Waals surface area contributed by atoms with Gasteiger partial charge in [-0.2, -0.15) is 0 Å². The highest BCUT2D eigenvalue weighted by atomic mass is 79.9. The fourth-order valence-corrected chi connectivity index (χ4v) is 2.32. The number of carbonyl (C=O) groups is 3. The number of methoxy groups -OCH3 is 1. The Labute approximate surface area is 158 Å². The highest BCUT2D eigenvalue weighted by Gasteiger charge is 2.09. The molecule has 136 valence electrons. The van der Waals surface area contributed by atoms with Crippen LogP contribution in [0.5, 0.6) is 5.75 Å². The highest BCUT2D eigenvalue weighted by molar-refractivity contribution is 9.10. The largest absolute Gasteiger partial charge is 0.484 e. The summed E-state index contributed by atoms with van der Waals surface area (Å²) in [6.07, 6.45) is 0. The Kier molecular flexibility index (Phi) is 7.16. The van der Waals surface area contributed by atoms with Gasteiger partial charge in [0.25, 0.3) is 5.91 Å². The van der Waals surface area contributed by atoms with Gasteiger partial charge in [-0.05, 0) is 52.3 Å². The first-order valence-electron chi connectivity index (χ1n) is 7.62. The van der Waals surface area contributed by atoms with E-state index in [-0.39, 0.29) is 19.1 Å². The highest BCUT2D eigenvalue weighted by Crippen LogP contribution is 2.20. The molecule has 0 unspecified atom stereocenters. The molecule has 0 aliphatic rings. The molecule has 0 aliphatic carbocycles. The molecule has 2 amide bonds. The standard InChI is InChI=1S/C18H17BrN2O5/c1-25-18(24)12-6-8-13(9-7-12)26-11-17(23)20-10-16(22)21-15-5-3-2-4-14(15)19/h2-9H,10-11H2,1H3,(H,20,23)(H,21,22). The van der Waals surface area contributed by atoms with E-state index in [1.807, 2.05) is 6.07 Å². The maximum Gasteiger partial charge on any atom is 0.337 e. The Morgan fingerprint density at radius 3 is 2.35 bits per heavy atom. The molecule has 0 atom stereocenters. The zero-order chi connectivity index (χ0) is 18.9. The lowest BCUT2D eigenvalue weighted by Gasteiger charge is -2.09. The molecule has 0 fully saturated rings. The Morgan fingerprint density at radius 1 is 1.00 bits per heavy atom. The van der Waals surface area contributed by atoms with Crippen molar-refractivity contribution in [2.75, 3.05) is 25.6 Å². The second-order valence-corrected chi connectivity index (χ2v) is 5.96. The summed E-state index contributed by atoms with van der Waals surface area (Å²) in [6.45, 7) is -0.426. The van der Waals surface area contributed by atoms with E-state index in [4.69, 9.17) is 4.74 Å². The Bertz CT molecular complexity index is 792. The number of ether oxygens (including phenoxy) is 2. The third-order valence-corrected chi connectivity index (χ3v) is 3.93. The van der Waals surface area contributed by atoms with E-state index in [0.29, 0.717) is 17.0 Å². The molecule has 2 aromatic carbocycles. The number of hydrogen-bond acceptors (Lipinski definition) is 5. The van der Waals surface area contributed by atoms with Crippen molar-refractivity contribution in [2.24, 2.45) is 0 Å². The van der Waals surface area contributed by atoms with Gasteiger partial charge in [-0.3, -0.25) is 9.59 Å². The van der Waals surface area contributed by atoms with E-state index in [1.165, 1.54) is 19.2 Å². The van der Waals surface area contributed by atoms with Crippen LogP contribution < -0.4 is 15.4 Å². The predicted octanol–water partition coefficient (Wildman–Crippen LogP) is 2.37. The van der Waals surface area contributed by atoms with Crippen LogP contribution in [0.3, 0.4) is 0 Å². The van der Waals surface area contributed by atoms with Crippen molar-refractivity contribution in [1.82, 2.24) is 5.32 Å². The Balaban J connectivity index is 1.74. The molecule has 0 bridgehead atoms. The minimum atomic E-state index is -0.453. The van der Waals surface area contributed by atoms with Gasteiger partial charge >= 0.3 is 5.97 Å². The third-order valence-electron chi connectivity index (χ3n) is 3.24. The van der Waals surface area contributed by atoms with Crippen molar-refractivity contribution >= 4 is 39.4 Å². The first-order valence-corrected chi connectivity index (χ1v) is 8.41. The number of nitrogens with one attached hydrogen (secondary N) is 2. The number of carbonyl (C=O) groups excluding carboxylic acids is 3. The minimum Gasteiger partial charge on any atom is -0.484 e. The Hall–Kier alpha value is -2.87. The third kappa shape index (κ3) is 5.89. The molecule has 0 spiro atoms. The summed E-state index contributed by atoms with van der Waals surface area (Å²) in [6, 6.07) is 13.3. The van der Waals surface area contributed by atoms with E-state index >= 15 is 0 Å². The van der Waals surface area contributed by atoms with E-state index in [0.717, 1.165) is 4.47 Å². The van der Waals surface area contributed by atoms with Crippen LogP contribution in [0.2, 0.25) is 0 Å². The first-order chi connectivity index (χ1) is 12.5. The van der Waals surface area contributed by atoms with Gasteiger partial charge in [0, 0.05) is 4.47 Å². The van der Waals surface area contributed by atoms with Gasteiger partial charge < -0.3 is 20.1 Å². The van der Waals surface area contributed by atoms with Gasteiger partial charge in [-0.15, -0.1) is 0 Å². The number of halogens is 1. The number of para-hydroxylation sites is 1. The second-order valence-electron chi connectivity index (χ2n) is 5.11. The number of hydrogen-bond donors (Lipinski definition) is 2. The number of benzene rings is 2. The molecule has 2 N–H and O–H groups in total. The van der Waals surface area contributed by atoms with Crippen LogP contribution in [-0.2, 0) is 14.3 Å². The van der Waals surface area contributed by atoms with Crippen LogP contribution in [0.25, 0.3) is 0 Å². The van der Waals surface area contributed by atoms with Gasteiger partial charge in [0.05, 0.1) is 24.9 Å². The summed E-state index contributed by atoms with van der Waals surface area (Å²) >= 11 is 3.32. The van der Waals surface area contributed by atoms with Crippen LogP contribution in [0, 0.1) is 0 Å². The first kappa shape index (κ1) is 19.5. The smallest absolute Gasteiger partial charge is 0.337 e. The van der Waals surface area contributed by atoms with Crippen molar-refractivity contribution in [3.05, 3.63) is 58.6 Å². The number of anilines is 1. The van der Waals surface area contributed by atoms with Crippen LogP contribution >= 0.6 is 15.9 Å². The average Bonchev–Trinajstić information content (AvgIpc) is 2.66. The monoisotopic (exact) mass is 420 g/mol. The second kappa shape index (κ2) is 9.57. The van der Waals surface area contributed by atoms with Gasteiger partial charge in [0.15, 0.2) is 6.61 Å². The van der Waals surface area contributed by atoms with Crippen molar-refractivity contribution in [3.8, 4) is 5.75 Å². The normalized spacial score (nSPS) is 9.92. The van der Waals surface area contributed by atoms with Gasteiger partial charge in [0.2, 0.25) is 5.91 Å². The van der Waals surface area contributed by atoms with Crippen LogP contribution in [0.1, 0.15) is 10.4 Å². The van der Waals surface area contributed by atoms with Crippen molar-refractivity contribution < 1.29 is 23.9 Å². The summed E-state index contributed by atoms with van der Waals surface area (Å²) < 4.78 is 10.6. The maximum atomic E-state index is 11.8. The average molecular weight is 421 g/mol. The molecule has 26 heavy (non-hydrogen) atoms. The fourth-order valence-electron chi connectivity index (χ4n) is 1.94. The quantitative estimate of drug-likeness (QED) is 0.670. The molecule has 0 aliphatic heterocycles. The molecular weight excluding hydrogens is 404 g/mol. The van der Waals surface area contributed by atoms with Crippen LogP contribution in [0.4, 0.5) is 5.69 Å². The topological polar surface area (TPSA) is 93.7 Å². The number of esters is 1. The van der Waals surface area contributed by atoms with E-state index in [2.05, 4.69) is 31.3 Å². The lowest BCUT2D eigenvalue weighted by atomic mass is 10.2. The van der Waals surface area contributed by atoms with Gasteiger partial charge in [-0.25, -0.2) is 4.79 Å².